The lowest BCUT2D eigenvalue weighted by Crippen LogP contribution is -2.37. The Morgan fingerprint density at radius 2 is 1.42 bits per heavy atom. The molecule has 0 aliphatic rings. The first-order valence-corrected chi connectivity index (χ1v) is 11.5. The van der Waals surface area contributed by atoms with Gasteiger partial charge in [-0.2, -0.15) is 0 Å². The van der Waals surface area contributed by atoms with Crippen LogP contribution in [-0.2, 0) is 14.4 Å². The number of rotatable bonds is 7. The second-order valence-electron chi connectivity index (χ2n) is 8.27. The topological polar surface area (TPSA) is 145 Å². The number of fused-ring (bicyclic) bond motifs is 1. The van der Waals surface area contributed by atoms with Crippen molar-refractivity contribution in [3.05, 3.63) is 114 Å². The summed E-state index contributed by atoms with van der Waals surface area (Å²) < 4.78 is 0. The zero-order valence-electron chi connectivity index (χ0n) is 20.2. The van der Waals surface area contributed by atoms with E-state index in [0.717, 1.165) is 16.3 Å². The van der Waals surface area contributed by atoms with Crippen LogP contribution in [0.4, 0.5) is 5.69 Å². The van der Waals surface area contributed by atoms with E-state index in [1.54, 1.807) is 48.5 Å². The summed E-state index contributed by atoms with van der Waals surface area (Å²) in [6.45, 7) is 1.66. The van der Waals surface area contributed by atoms with Crippen LogP contribution >= 0.6 is 0 Å². The maximum atomic E-state index is 13.3. The lowest BCUT2D eigenvalue weighted by atomic mass is 9.95. The lowest BCUT2D eigenvalue weighted by Gasteiger charge is -2.21. The van der Waals surface area contributed by atoms with Crippen LogP contribution in [0.1, 0.15) is 43.0 Å². The van der Waals surface area contributed by atoms with Crippen LogP contribution in [0.25, 0.3) is 10.8 Å². The Bertz CT molecular complexity index is 1390. The summed E-state index contributed by atoms with van der Waals surface area (Å²) >= 11 is 0. The average Bonchev–Trinajstić information content (AvgIpc) is 2.90. The molecule has 8 nitrogen and oxygen atoms in total. The Labute approximate surface area is 222 Å². The predicted molar refractivity (Wildman–Crippen MR) is 151 cm³/mol. The predicted octanol–water partition coefficient (Wildman–Crippen LogP) is 5.06. The number of hydrogen-bond acceptors (Lipinski definition) is 4. The molecule has 0 saturated carbocycles. The van der Waals surface area contributed by atoms with Gasteiger partial charge in [0.25, 0.3) is 6.47 Å². The van der Waals surface area contributed by atoms with E-state index in [4.69, 9.17) is 21.0 Å². The maximum Gasteiger partial charge on any atom is 0.290 e. The number of amides is 2. The van der Waals surface area contributed by atoms with Crippen LogP contribution in [0.5, 0.6) is 0 Å². The van der Waals surface area contributed by atoms with E-state index < -0.39 is 11.8 Å². The van der Waals surface area contributed by atoms with Crippen molar-refractivity contribution in [3.63, 3.8) is 0 Å². The first-order valence-electron chi connectivity index (χ1n) is 11.5. The smallest absolute Gasteiger partial charge is 0.290 e. The van der Waals surface area contributed by atoms with E-state index in [9.17, 15) is 9.59 Å². The van der Waals surface area contributed by atoms with Crippen LogP contribution in [0.3, 0.4) is 0 Å². The van der Waals surface area contributed by atoms with E-state index in [0.29, 0.717) is 16.8 Å². The number of hydrogen-bond donors (Lipinski definition) is 5. The highest BCUT2D eigenvalue weighted by Gasteiger charge is 2.29. The van der Waals surface area contributed by atoms with Crippen LogP contribution in [0, 0.1) is 5.41 Å². The molecule has 2 amide bonds. The van der Waals surface area contributed by atoms with Gasteiger partial charge < -0.3 is 21.5 Å². The van der Waals surface area contributed by atoms with Gasteiger partial charge >= 0.3 is 0 Å². The molecule has 0 radical (unpaired) electrons. The number of carboxylic acid groups (broad SMARTS) is 1. The fraction of sp³-hybridized carbons (Fsp3) is 0.133. The fourth-order valence-corrected chi connectivity index (χ4v) is 3.87. The van der Waals surface area contributed by atoms with E-state index in [-0.39, 0.29) is 31.7 Å². The van der Waals surface area contributed by atoms with E-state index >= 15 is 0 Å². The molecule has 0 spiro atoms. The molecule has 0 saturated heterocycles. The summed E-state index contributed by atoms with van der Waals surface area (Å²) in [6, 6.07) is 29.4. The number of nitrogens with two attached hydrogens (primary N) is 1. The molecule has 38 heavy (non-hydrogen) atoms. The molecule has 0 aliphatic carbocycles. The monoisotopic (exact) mass is 512 g/mol. The molecule has 6 N–H and O–H groups in total. The summed E-state index contributed by atoms with van der Waals surface area (Å²) in [5.74, 6) is -1.91. The molecule has 0 fully saturated rings. The zero-order valence-corrected chi connectivity index (χ0v) is 20.2. The number of carbonyl (C=O) groups excluding carboxylic acids is 2. The first-order chi connectivity index (χ1) is 17.8. The van der Waals surface area contributed by atoms with Gasteiger partial charge in [0, 0.05) is 11.3 Å². The molecule has 0 aliphatic heterocycles. The SMILES string of the molecule is C.C[C@H](NC(=O)[C@@H](C(=O)Nc1ccc(C(=N)N)cc1)c1ccccc1)c1ccc2ccccc2c1.O=CO. The minimum Gasteiger partial charge on any atom is -0.483 e. The Kier molecular flexibility index (Phi) is 10.7. The third-order valence-electron chi connectivity index (χ3n) is 5.75. The van der Waals surface area contributed by atoms with Crippen molar-refractivity contribution in [3.8, 4) is 0 Å². The summed E-state index contributed by atoms with van der Waals surface area (Å²) in [6.07, 6.45) is 0. The lowest BCUT2D eigenvalue weighted by molar-refractivity contribution is -0.129. The van der Waals surface area contributed by atoms with Gasteiger partial charge in [-0.1, -0.05) is 74.2 Å². The van der Waals surface area contributed by atoms with Gasteiger partial charge in [0.2, 0.25) is 11.8 Å². The van der Waals surface area contributed by atoms with Crippen molar-refractivity contribution >= 4 is 40.6 Å². The quantitative estimate of drug-likeness (QED) is 0.102. The number of nitrogen functional groups attached to an aromatic ring is 1. The number of carbonyl (C=O) groups is 3. The summed E-state index contributed by atoms with van der Waals surface area (Å²) in [5.41, 5.74) is 8.13. The third kappa shape index (κ3) is 7.51. The van der Waals surface area contributed by atoms with Crippen LogP contribution < -0.4 is 16.4 Å². The fourth-order valence-electron chi connectivity index (χ4n) is 3.87. The minimum absolute atomic E-state index is 0. The minimum atomic E-state index is -1.03. The maximum absolute atomic E-state index is 13.3. The second-order valence-corrected chi connectivity index (χ2v) is 8.27. The molecule has 8 heteroatoms. The molecule has 0 unspecified atom stereocenters. The number of amidine groups is 1. The number of benzene rings is 4. The van der Waals surface area contributed by atoms with Crippen molar-refractivity contribution in [2.24, 2.45) is 5.73 Å². The average molecular weight is 513 g/mol. The molecular formula is C30H32N4O4. The van der Waals surface area contributed by atoms with Crippen LogP contribution in [0.2, 0.25) is 0 Å². The molecule has 196 valence electrons. The van der Waals surface area contributed by atoms with Crippen LogP contribution in [-0.4, -0.2) is 29.2 Å². The molecule has 0 aromatic heterocycles. The zero-order chi connectivity index (χ0) is 26.8. The van der Waals surface area contributed by atoms with Crippen LogP contribution in [0.15, 0.2) is 97.1 Å². The Morgan fingerprint density at radius 3 is 2.03 bits per heavy atom. The Hall–Kier alpha value is -4.98. The Morgan fingerprint density at radius 1 is 0.842 bits per heavy atom. The van der Waals surface area contributed by atoms with Gasteiger partial charge in [-0.3, -0.25) is 19.8 Å². The molecule has 0 heterocycles. The van der Waals surface area contributed by atoms with Crippen molar-refractivity contribution < 1.29 is 19.5 Å². The largest absolute Gasteiger partial charge is 0.483 e. The summed E-state index contributed by atoms with van der Waals surface area (Å²) in [4.78, 5) is 34.9. The van der Waals surface area contributed by atoms with Gasteiger partial charge in [0.15, 0.2) is 0 Å². The highest BCUT2D eigenvalue weighted by Crippen LogP contribution is 2.23. The van der Waals surface area contributed by atoms with E-state index in [1.165, 1.54) is 0 Å². The molecule has 4 aromatic carbocycles. The van der Waals surface area contributed by atoms with Gasteiger partial charge in [-0.25, -0.2) is 0 Å². The highest BCUT2D eigenvalue weighted by atomic mass is 16.3. The molecule has 0 bridgehead atoms. The highest BCUT2D eigenvalue weighted by molar-refractivity contribution is 6.11. The van der Waals surface area contributed by atoms with Crippen molar-refractivity contribution in [2.75, 3.05) is 5.32 Å². The van der Waals surface area contributed by atoms with Crippen molar-refractivity contribution in [1.29, 1.82) is 5.41 Å². The molecule has 2 atom stereocenters. The molecular weight excluding hydrogens is 480 g/mol. The van der Waals surface area contributed by atoms with Gasteiger partial charge in [0.05, 0.1) is 6.04 Å². The number of nitrogens with one attached hydrogen (secondary N) is 3. The van der Waals surface area contributed by atoms with Crippen molar-refractivity contribution in [2.45, 2.75) is 26.3 Å². The van der Waals surface area contributed by atoms with Gasteiger partial charge in [-0.15, -0.1) is 0 Å². The Balaban J connectivity index is 0.00000121. The summed E-state index contributed by atoms with van der Waals surface area (Å²) in [5, 5.41) is 22.4. The van der Waals surface area contributed by atoms with Gasteiger partial charge in [-0.05, 0) is 59.2 Å². The second kappa shape index (κ2) is 13.9. The normalized spacial score (nSPS) is 11.5. The molecule has 4 aromatic rings. The van der Waals surface area contributed by atoms with Gasteiger partial charge in [0.1, 0.15) is 11.8 Å². The first kappa shape index (κ1) is 29.3. The number of anilines is 1. The standard InChI is InChI=1S/C28H26N4O2.CH2O2.CH4/c1-18(22-12-11-19-7-5-6-10-23(19)17-22)31-27(33)25(20-8-3-2-4-9-20)28(34)32-24-15-13-21(14-16-24)26(29)30;2-1-3;/h2-18,25H,1H3,(H3,29,30)(H,31,33)(H,32,34);1H,(H,2,3);1H4/t18-,25-;;/m0../s1. The summed E-state index contributed by atoms with van der Waals surface area (Å²) in [7, 11) is 0. The van der Waals surface area contributed by atoms with E-state index in [1.807, 2.05) is 49.4 Å². The van der Waals surface area contributed by atoms with Crippen molar-refractivity contribution in [1.82, 2.24) is 5.32 Å². The van der Waals surface area contributed by atoms with E-state index in [2.05, 4.69) is 16.7 Å². The third-order valence-corrected chi connectivity index (χ3v) is 5.75. The molecule has 4 rings (SSSR count).